The van der Waals surface area contributed by atoms with Crippen LogP contribution in [0.4, 0.5) is 0 Å². The molecule has 0 aliphatic carbocycles. The first kappa shape index (κ1) is 8.23. The second kappa shape index (κ2) is 2.64. The monoisotopic (exact) mass is 156 g/mol. The Bertz CT molecular complexity index is 213. The highest BCUT2D eigenvalue weighted by atomic mass is 16.3. The van der Waals surface area contributed by atoms with Gasteiger partial charge in [-0.1, -0.05) is 0 Å². The maximum Gasteiger partial charge on any atom is 0.140 e. The van der Waals surface area contributed by atoms with E-state index in [9.17, 15) is 10.2 Å². The zero-order valence-corrected chi connectivity index (χ0v) is 6.57. The summed E-state index contributed by atoms with van der Waals surface area (Å²) in [5.41, 5.74) is -1.15. The highest BCUT2D eigenvalue weighted by Gasteiger charge is 2.27. The molecule has 0 fully saturated rings. The molecule has 1 heterocycles. The van der Waals surface area contributed by atoms with Gasteiger partial charge in [-0.25, -0.2) is 4.98 Å². The van der Waals surface area contributed by atoms with Crippen molar-refractivity contribution in [3.8, 4) is 0 Å². The van der Waals surface area contributed by atoms with Crippen molar-refractivity contribution in [2.45, 2.75) is 25.6 Å². The minimum Gasteiger partial charge on any atom is -0.387 e. The second-order valence-corrected chi connectivity index (χ2v) is 3.03. The average Bonchev–Trinajstić information content (AvgIpc) is 2.34. The van der Waals surface area contributed by atoms with Crippen LogP contribution in [0.1, 0.15) is 25.8 Å². The molecule has 0 aliphatic rings. The molecule has 1 rings (SSSR count). The number of nitrogens with zero attached hydrogens (tertiary/aromatic N) is 1. The topological polar surface area (TPSA) is 69.1 Å². The highest BCUT2D eigenvalue weighted by Crippen LogP contribution is 2.21. The molecular formula is C7H12N2O2. The number of aromatic amines is 1. The van der Waals surface area contributed by atoms with Gasteiger partial charge in [0.25, 0.3) is 0 Å². The molecular weight excluding hydrogens is 144 g/mol. The number of hydrogen-bond donors (Lipinski definition) is 3. The summed E-state index contributed by atoms with van der Waals surface area (Å²) in [6.07, 6.45) is 2.17. The summed E-state index contributed by atoms with van der Waals surface area (Å²) in [6.45, 7) is 3.06. The first-order chi connectivity index (χ1) is 5.02. The van der Waals surface area contributed by atoms with Crippen molar-refractivity contribution >= 4 is 0 Å². The van der Waals surface area contributed by atoms with Crippen LogP contribution in [-0.4, -0.2) is 25.8 Å². The third kappa shape index (κ3) is 1.78. The van der Waals surface area contributed by atoms with Crippen molar-refractivity contribution in [1.82, 2.24) is 9.97 Å². The fraction of sp³-hybridized carbons (Fsp3) is 0.571. The lowest BCUT2D eigenvalue weighted by atomic mass is 10.0. The molecule has 4 nitrogen and oxygen atoms in total. The summed E-state index contributed by atoms with van der Waals surface area (Å²) < 4.78 is 0. The van der Waals surface area contributed by atoms with E-state index in [0.717, 1.165) is 0 Å². The number of aliphatic hydroxyl groups is 2. The molecule has 0 spiro atoms. The Labute approximate surface area is 64.9 Å². The molecule has 11 heavy (non-hydrogen) atoms. The Kier molecular flexibility index (Phi) is 1.97. The van der Waals surface area contributed by atoms with E-state index < -0.39 is 11.7 Å². The molecule has 0 saturated carbocycles. The Morgan fingerprint density at radius 1 is 1.64 bits per heavy atom. The standard InChI is InChI=1S/C7H12N2O2/c1-7(2,11)5(10)6-8-3-4-9-6/h3-5,10-11H,1-2H3,(H,8,9). The largest absolute Gasteiger partial charge is 0.387 e. The number of aromatic nitrogens is 2. The van der Waals surface area contributed by atoms with Crippen molar-refractivity contribution in [2.75, 3.05) is 0 Å². The average molecular weight is 156 g/mol. The number of imidazole rings is 1. The van der Waals surface area contributed by atoms with Gasteiger partial charge in [-0.2, -0.15) is 0 Å². The minimum atomic E-state index is -1.15. The van der Waals surface area contributed by atoms with E-state index >= 15 is 0 Å². The molecule has 3 N–H and O–H groups in total. The molecule has 0 amide bonds. The number of H-pyrrole nitrogens is 1. The summed E-state index contributed by atoms with van der Waals surface area (Å²) in [4.78, 5) is 6.54. The summed E-state index contributed by atoms with van der Waals surface area (Å²) in [5.74, 6) is 0.387. The normalized spacial score (nSPS) is 14.9. The Hall–Kier alpha value is -0.870. The molecule has 0 bridgehead atoms. The van der Waals surface area contributed by atoms with Crippen LogP contribution in [0.25, 0.3) is 0 Å². The van der Waals surface area contributed by atoms with Crippen LogP contribution in [0, 0.1) is 0 Å². The lowest BCUT2D eigenvalue weighted by Crippen LogP contribution is -2.29. The van der Waals surface area contributed by atoms with Crippen LogP contribution >= 0.6 is 0 Å². The van der Waals surface area contributed by atoms with Gasteiger partial charge in [0.15, 0.2) is 0 Å². The van der Waals surface area contributed by atoms with Crippen molar-refractivity contribution in [3.05, 3.63) is 18.2 Å². The van der Waals surface area contributed by atoms with Crippen molar-refractivity contribution in [2.24, 2.45) is 0 Å². The van der Waals surface area contributed by atoms with E-state index in [-0.39, 0.29) is 0 Å². The first-order valence-electron chi connectivity index (χ1n) is 3.41. The predicted molar refractivity (Wildman–Crippen MR) is 39.8 cm³/mol. The second-order valence-electron chi connectivity index (χ2n) is 3.03. The van der Waals surface area contributed by atoms with Gasteiger partial charge < -0.3 is 15.2 Å². The van der Waals surface area contributed by atoms with Crippen LogP contribution < -0.4 is 0 Å². The van der Waals surface area contributed by atoms with Gasteiger partial charge in [0.05, 0.1) is 5.60 Å². The predicted octanol–water partition coefficient (Wildman–Crippen LogP) is 0.214. The van der Waals surface area contributed by atoms with E-state index in [0.29, 0.717) is 5.82 Å². The molecule has 1 aromatic rings. The lowest BCUT2D eigenvalue weighted by Gasteiger charge is -2.22. The van der Waals surface area contributed by atoms with E-state index in [1.54, 1.807) is 6.20 Å². The number of aliphatic hydroxyl groups excluding tert-OH is 1. The van der Waals surface area contributed by atoms with Gasteiger partial charge in [-0.3, -0.25) is 0 Å². The van der Waals surface area contributed by atoms with E-state index in [4.69, 9.17) is 0 Å². The third-order valence-electron chi connectivity index (χ3n) is 1.45. The molecule has 0 aliphatic heterocycles. The van der Waals surface area contributed by atoms with E-state index in [2.05, 4.69) is 9.97 Å². The fourth-order valence-electron chi connectivity index (χ4n) is 0.762. The first-order valence-corrected chi connectivity index (χ1v) is 3.41. The summed E-state index contributed by atoms with van der Waals surface area (Å²) in [5, 5.41) is 18.8. The van der Waals surface area contributed by atoms with Gasteiger partial charge in [0.2, 0.25) is 0 Å². The number of rotatable bonds is 2. The lowest BCUT2D eigenvalue weighted by molar-refractivity contribution is -0.0536. The summed E-state index contributed by atoms with van der Waals surface area (Å²) in [7, 11) is 0. The Balaban J connectivity index is 2.78. The van der Waals surface area contributed by atoms with Gasteiger partial charge in [0.1, 0.15) is 11.9 Å². The molecule has 1 unspecified atom stereocenters. The zero-order chi connectivity index (χ0) is 8.48. The number of hydrogen-bond acceptors (Lipinski definition) is 3. The van der Waals surface area contributed by atoms with Crippen molar-refractivity contribution < 1.29 is 10.2 Å². The Morgan fingerprint density at radius 3 is 2.64 bits per heavy atom. The van der Waals surface area contributed by atoms with Crippen LogP contribution in [0.3, 0.4) is 0 Å². The van der Waals surface area contributed by atoms with Gasteiger partial charge in [-0.15, -0.1) is 0 Å². The molecule has 0 radical (unpaired) electrons. The smallest absolute Gasteiger partial charge is 0.140 e. The van der Waals surface area contributed by atoms with E-state index in [1.807, 2.05) is 0 Å². The summed E-state index contributed by atoms with van der Waals surface area (Å²) >= 11 is 0. The van der Waals surface area contributed by atoms with Gasteiger partial charge >= 0.3 is 0 Å². The molecule has 1 atom stereocenters. The molecule has 0 saturated heterocycles. The van der Waals surface area contributed by atoms with Gasteiger partial charge in [-0.05, 0) is 13.8 Å². The minimum absolute atomic E-state index is 0.387. The highest BCUT2D eigenvalue weighted by molar-refractivity contribution is 4.97. The van der Waals surface area contributed by atoms with Crippen molar-refractivity contribution in [3.63, 3.8) is 0 Å². The summed E-state index contributed by atoms with van der Waals surface area (Å²) in [6, 6.07) is 0. The zero-order valence-electron chi connectivity index (χ0n) is 6.57. The maximum atomic E-state index is 9.40. The molecule has 1 aromatic heterocycles. The maximum absolute atomic E-state index is 9.40. The molecule has 0 aromatic carbocycles. The third-order valence-corrected chi connectivity index (χ3v) is 1.45. The van der Waals surface area contributed by atoms with Crippen LogP contribution in [0.15, 0.2) is 12.4 Å². The number of nitrogens with one attached hydrogen (secondary N) is 1. The molecule has 4 heteroatoms. The quantitative estimate of drug-likeness (QED) is 0.573. The van der Waals surface area contributed by atoms with E-state index in [1.165, 1.54) is 20.0 Å². The molecule has 62 valence electrons. The van der Waals surface area contributed by atoms with Gasteiger partial charge in [0, 0.05) is 12.4 Å². The van der Waals surface area contributed by atoms with Crippen LogP contribution in [-0.2, 0) is 0 Å². The van der Waals surface area contributed by atoms with Crippen LogP contribution in [0.2, 0.25) is 0 Å². The van der Waals surface area contributed by atoms with Crippen LogP contribution in [0.5, 0.6) is 0 Å². The van der Waals surface area contributed by atoms with Crippen molar-refractivity contribution in [1.29, 1.82) is 0 Å². The Morgan fingerprint density at radius 2 is 2.27 bits per heavy atom. The SMILES string of the molecule is CC(C)(O)C(O)c1ncc[nH]1. The fourth-order valence-corrected chi connectivity index (χ4v) is 0.762.